The van der Waals surface area contributed by atoms with Gasteiger partial charge in [0, 0.05) is 6.54 Å². The third kappa shape index (κ3) is 4.43. The Bertz CT molecular complexity index is 63.9. The van der Waals surface area contributed by atoms with E-state index in [1.54, 1.807) is 6.92 Å². The third-order valence-corrected chi connectivity index (χ3v) is 1.30. The number of hydrogen-bond donors (Lipinski definition) is 1. The normalized spacial score (nSPS) is 14.3. The summed E-state index contributed by atoms with van der Waals surface area (Å²) in [5.41, 5.74) is 0. The van der Waals surface area contributed by atoms with Gasteiger partial charge in [0.15, 0.2) is 0 Å². The van der Waals surface area contributed by atoms with E-state index in [4.69, 9.17) is 5.11 Å². The number of aliphatic hydroxyl groups is 1. The predicted octanol–water partition coefficient (Wildman–Crippen LogP) is 1.22. The summed E-state index contributed by atoms with van der Waals surface area (Å²) in [7, 11) is 1.88. The van der Waals surface area contributed by atoms with Gasteiger partial charge in [-0.1, -0.05) is 13.3 Å². The van der Waals surface area contributed by atoms with E-state index >= 15 is 0 Å². The minimum Gasteiger partial charge on any atom is -0.379 e. The lowest BCUT2D eigenvalue weighted by molar-refractivity contribution is 0.0572. The van der Waals surface area contributed by atoms with Crippen LogP contribution in [0.5, 0.6) is 0 Å². The SMILES string of the molecule is CCC[CH]N(C)C(C)O. The van der Waals surface area contributed by atoms with Crippen LogP contribution in [0.1, 0.15) is 26.7 Å². The molecule has 1 unspecified atom stereocenters. The molecule has 1 atom stereocenters. The van der Waals surface area contributed by atoms with Gasteiger partial charge in [-0.15, -0.1) is 0 Å². The molecular formula is C7H16NO. The van der Waals surface area contributed by atoms with Crippen molar-refractivity contribution in [2.24, 2.45) is 0 Å². The Kier molecular flexibility index (Phi) is 4.72. The van der Waals surface area contributed by atoms with Crippen LogP contribution in [0.25, 0.3) is 0 Å². The maximum atomic E-state index is 8.94. The van der Waals surface area contributed by atoms with Crippen LogP contribution >= 0.6 is 0 Å². The number of aliphatic hydroxyl groups excluding tert-OH is 1. The van der Waals surface area contributed by atoms with E-state index in [2.05, 4.69) is 6.92 Å². The average molecular weight is 130 g/mol. The molecule has 0 aliphatic rings. The maximum Gasteiger partial charge on any atom is 0.104 e. The summed E-state index contributed by atoms with van der Waals surface area (Å²) >= 11 is 0. The molecule has 0 spiro atoms. The Labute approximate surface area is 57.5 Å². The molecule has 0 aromatic heterocycles. The number of nitrogens with zero attached hydrogens (tertiary/aromatic N) is 1. The molecule has 0 fully saturated rings. The molecule has 9 heavy (non-hydrogen) atoms. The van der Waals surface area contributed by atoms with Crippen molar-refractivity contribution in [3.8, 4) is 0 Å². The topological polar surface area (TPSA) is 23.5 Å². The summed E-state index contributed by atoms with van der Waals surface area (Å²) < 4.78 is 0. The largest absolute Gasteiger partial charge is 0.379 e. The highest BCUT2D eigenvalue weighted by atomic mass is 16.3. The molecule has 0 rings (SSSR count). The molecule has 0 aliphatic heterocycles. The summed E-state index contributed by atoms with van der Waals surface area (Å²) in [4.78, 5) is 1.81. The van der Waals surface area contributed by atoms with Gasteiger partial charge in [-0.2, -0.15) is 0 Å². The zero-order valence-electron chi connectivity index (χ0n) is 6.46. The van der Waals surface area contributed by atoms with Crippen molar-refractivity contribution in [2.75, 3.05) is 7.05 Å². The highest BCUT2D eigenvalue weighted by molar-refractivity contribution is 4.63. The number of unbranched alkanes of at least 4 members (excludes halogenated alkanes) is 1. The van der Waals surface area contributed by atoms with Crippen molar-refractivity contribution in [1.29, 1.82) is 0 Å². The van der Waals surface area contributed by atoms with Gasteiger partial charge in [-0.3, -0.25) is 4.90 Å². The number of rotatable bonds is 4. The van der Waals surface area contributed by atoms with E-state index in [-0.39, 0.29) is 6.23 Å². The van der Waals surface area contributed by atoms with Crippen molar-refractivity contribution < 1.29 is 5.11 Å². The molecule has 0 aromatic carbocycles. The zero-order valence-corrected chi connectivity index (χ0v) is 6.46. The van der Waals surface area contributed by atoms with Crippen LogP contribution in [-0.2, 0) is 0 Å². The average Bonchev–Trinajstić information content (AvgIpc) is 1.82. The first kappa shape index (κ1) is 8.92. The predicted molar refractivity (Wildman–Crippen MR) is 38.7 cm³/mol. The van der Waals surface area contributed by atoms with E-state index in [1.807, 2.05) is 18.5 Å². The molecule has 0 saturated heterocycles. The van der Waals surface area contributed by atoms with E-state index in [9.17, 15) is 0 Å². The Morgan fingerprint density at radius 1 is 1.67 bits per heavy atom. The minimum absolute atomic E-state index is 0.350. The highest BCUT2D eigenvalue weighted by Gasteiger charge is 2.01. The Hall–Kier alpha value is -0.0800. The van der Waals surface area contributed by atoms with Gasteiger partial charge in [-0.25, -0.2) is 0 Å². The molecule has 0 aromatic rings. The van der Waals surface area contributed by atoms with E-state index in [1.165, 1.54) is 0 Å². The van der Waals surface area contributed by atoms with Crippen LogP contribution in [0.3, 0.4) is 0 Å². The standard InChI is InChI=1S/C7H16NO/c1-4-5-6-8(3)7(2)9/h6-7,9H,4-5H2,1-3H3. The molecule has 2 nitrogen and oxygen atoms in total. The highest BCUT2D eigenvalue weighted by Crippen LogP contribution is 1.99. The molecule has 0 saturated carbocycles. The molecule has 2 heteroatoms. The van der Waals surface area contributed by atoms with Gasteiger partial charge in [0.25, 0.3) is 0 Å². The smallest absolute Gasteiger partial charge is 0.104 e. The quantitative estimate of drug-likeness (QED) is 0.578. The lowest BCUT2D eigenvalue weighted by Gasteiger charge is -2.18. The van der Waals surface area contributed by atoms with Gasteiger partial charge in [-0.05, 0) is 20.4 Å². The van der Waals surface area contributed by atoms with E-state index in [0.29, 0.717) is 0 Å². The molecule has 0 bridgehead atoms. The lowest BCUT2D eigenvalue weighted by Crippen LogP contribution is -2.25. The summed E-state index contributed by atoms with van der Waals surface area (Å²) in [5.74, 6) is 0. The summed E-state index contributed by atoms with van der Waals surface area (Å²) in [6.45, 7) is 5.88. The first-order valence-corrected chi connectivity index (χ1v) is 3.41. The van der Waals surface area contributed by atoms with Crippen molar-refractivity contribution >= 4 is 0 Å². The first-order valence-electron chi connectivity index (χ1n) is 3.41. The molecular weight excluding hydrogens is 114 g/mol. The van der Waals surface area contributed by atoms with Crippen molar-refractivity contribution in [2.45, 2.75) is 32.9 Å². The van der Waals surface area contributed by atoms with Crippen LogP contribution in [0.15, 0.2) is 0 Å². The molecule has 55 valence electrons. The Morgan fingerprint density at radius 3 is 2.56 bits per heavy atom. The zero-order chi connectivity index (χ0) is 7.28. The van der Waals surface area contributed by atoms with Crippen molar-refractivity contribution in [3.05, 3.63) is 6.54 Å². The Morgan fingerprint density at radius 2 is 2.22 bits per heavy atom. The third-order valence-electron chi connectivity index (χ3n) is 1.30. The number of hydrogen-bond acceptors (Lipinski definition) is 2. The summed E-state index contributed by atoms with van der Waals surface area (Å²) in [6, 6.07) is 0. The van der Waals surface area contributed by atoms with Gasteiger partial charge in [0.2, 0.25) is 0 Å². The van der Waals surface area contributed by atoms with Gasteiger partial charge < -0.3 is 5.11 Å². The summed E-state index contributed by atoms with van der Waals surface area (Å²) in [6.07, 6.45) is 1.83. The van der Waals surface area contributed by atoms with Crippen molar-refractivity contribution in [1.82, 2.24) is 4.90 Å². The van der Waals surface area contributed by atoms with Crippen LogP contribution in [-0.4, -0.2) is 23.3 Å². The molecule has 1 radical (unpaired) electrons. The van der Waals surface area contributed by atoms with Gasteiger partial charge in [0.05, 0.1) is 0 Å². The second-order valence-corrected chi connectivity index (χ2v) is 2.27. The van der Waals surface area contributed by atoms with E-state index < -0.39 is 0 Å². The fourth-order valence-electron chi connectivity index (χ4n) is 0.485. The summed E-state index contributed by atoms with van der Waals surface area (Å²) in [5, 5.41) is 8.94. The second-order valence-electron chi connectivity index (χ2n) is 2.27. The van der Waals surface area contributed by atoms with Crippen LogP contribution in [0.2, 0.25) is 0 Å². The molecule has 1 N–H and O–H groups in total. The fourth-order valence-corrected chi connectivity index (χ4v) is 0.485. The monoisotopic (exact) mass is 130 g/mol. The molecule has 0 aliphatic carbocycles. The van der Waals surface area contributed by atoms with E-state index in [0.717, 1.165) is 12.8 Å². The van der Waals surface area contributed by atoms with Gasteiger partial charge in [0.1, 0.15) is 6.23 Å². The van der Waals surface area contributed by atoms with Crippen LogP contribution in [0.4, 0.5) is 0 Å². The van der Waals surface area contributed by atoms with Crippen LogP contribution < -0.4 is 0 Å². The van der Waals surface area contributed by atoms with Crippen molar-refractivity contribution in [3.63, 3.8) is 0 Å². The molecule has 0 heterocycles. The fraction of sp³-hybridized carbons (Fsp3) is 0.857. The second kappa shape index (κ2) is 4.77. The van der Waals surface area contributed by atoms with Gasteiger partial charge >= 0.3 is 0 Å². The van der Waals surface area contributed by atoms with Crippen LogP contribution in [0, 0.1) is 6.54 Å². The maximum absolute atomic E-state index is 8.94. The Balaban J connectivity index is 3.16. The lowest BCUT2D eigenvalue weighted by atomic mass is 10.3. The minimum atomic E-state index is -0.350. The first-order chi connectivity index (χ1) is 4.18. The molecule has 0 amide bonds.